The zero-order chi connectivity index (χ0) is 17.7. The Morgan fingerprint density at radius 3 is 0.880 bits per heavy atom. The van der Waals surface area contributed by atoms with Gasteiger partial charge in [-0.1, -0.05) is 149 Å². The van der Waals surface area contributed by atoms with E-state index in [1.807, 2.05) is 0 Å². The molecule has 0 aliphatic carbocycles. The predicted octanol–water partition coefficient (Wildman–Crippen LogP) is 8.64. The topological polar surface area (TPSA) is 31.5 Å². The van der Waals surface area contributed by atoms with E-state index in [9.17, 15) is 0 Å². The number of hydrogen-bond donors (Lipinski definition) is 0. The predicted molar refractivity (Wildman–Crippen MR) is 116 cm³/mol. The highest BCUT2D eigenvalue weighted by molar-refractivity contribution is 4.51. The summed E-state index contributed by atoms with van der Waals surface area (Å²) in [6.07, 6.45) is 29.5. The van der Waals surface area contributed by atoms with Crippen LogP contribution < -0.4 is 0 Å². The van der Waals surface area contributed by atoms with Crippen molar-refractivity contribution in [3.8, 4) is 0 Å². The smallest absolute Gasteiger partial charge is 0.0471 e. The molecule has 0 aromatic carbocycles. The van der Waals surface area contributed by atoms with Crippen molar-refractivity contribution in [2.45, 2.75) is 149 Å². The quantitative estimate of drug-likeness (QED) is 0.195. The van der Waals surface area contributed by atoms with Crippen LogP contribution in [0.15, 0.2) is 0 Å². The van der Waals surface area contributed by atoms with Crippen LogP contribution in [-0.4, -0.2) is 5.48 Å². The Kier molecular flexibility index (Phi) is 26.1. The van der Waals surface area contributed by atoms with Gasteiger partial charge >= 0.3 is 0 Å². The van der Waals surface area contributed by atoms with Crippen LogP contribution in [0.2, 0.25) is 0 Å². The lowest BCUT2D eigenvalue weighted by Crippen LogP contribution is -1.87. The summed E-state index contributed by atoms with van der Waals surface area (Å²) in [7, 11) is 0. The van der Waals surface area contributed by atoms with E-state index < -0.39 is 0 Å². The summed E-state index contributed by atoms with van der Waals surface area (Å²) in [5, 5.41) is 0. The average molecular weight is 357 g/mol. The van der Waals surface area contributed by atoms with Gasteiger partial charge < -0.3 is 5.48 Å². The number of rotatable bonds is 20. The van der Waals surface area contributed by atoms with E-state index in [-0.39, 0.29) is 5.48 Å². The maximum Gasteiger partial charge on any atom is -0.0471 e. The second-order valence-corrected chi connectivity index (χ2v) is 8.55. The molecule has 0 aliphatic heterocycles. The SMILES string of the molecule is CCCCCCCCCCCCCCCCCCCCCC(C)C.O. The molecule has 0 unspecified atom stereocenters. The van der Waals surface area contributed by atoms with Gasteiger partial charge in [0.2, 0.25) is 0 Å². The molecule has 0 saturated heterocycles. The monoisotopic (exact) mass is 356 g/mol. The van der Waals surface area contributed by atoms with Gasteiger partial charge in [-0.05, 0) is 5.92 Å². The molecule has 0 atom stereocenters. The maximum absolute atomic E-state index is 2.34. The zero-order valence-corrected chi connectivity index (χ0v) is 18.2. The molecule has 0 aromatic rings. The Bertz CT molecular complexity index is 212. The third-order valence-electron chi connectivity index (χ3n) is 5.39. The van der Waals surface area contributed by atoms with Crippen molar-refractivity contribution in [1.82, 2.24) is 0 Å². The van der Waals surface area contributed by atoms with E-state index in [4.69, 9.17) is 0 Å². The van der Waals surface area contributed by atoms with Crippen molar-refractivity contribution >= 4 is 0 Å². The molecule has 1 heteroatoms. The van der Waals surface area contributed by atoms with Crippen LogP contribution in [-0.2, 0) is 0 Å². The summed E-state index contributed by atoms with van der Waals surface area (Å²) in [5.74, 6) is 0.899. The van der Waals surface area contributed by atoms with Gasteiger partial charge in [-0.25, -0.2) is 0 Å². The van der Waals surface area contributed by atoms with E-state index >= 15 is 0 Å². The molecule has 0 rings (SSSR count). The second kappa shape index (κ2) is 24.0. The highest BCUT2D eigenvalue weighted by Crippen LogP contribution is 2.15. The van der Waals surface area contributed by atoms with Crippen LogP contribution >= 0.6 is 0 Å². The van der Waals surface area contributed by atoms with Gasteiger partial charge in [0.1, 0.15) is 0 Å². The Labute approximate surface area is 161 Å². The molecule has 25 heavy (non-hydrogen) atoms. The fourth-order valence-corrected chi connectivity index (χ4v) is 3.63. The van der Waals surface area contributed by atoms with Crippen LogP contribution in [0.3, 0.4) is 0 Å². The summed E-state index contributed by atoms with van der Waals surface area (Å²) >= 11 is 0. The Morgan fingerprint density at radius 1 is 0.400 bits per heavy atom. The molecular weight excluding hydrogens is 304 g/mol. The second-order valence-electron chi connectivity index (χ2n) is 8.55. The highest BCUT2D eigenvalue weighted by Gasteiger charge is 1.96. The summed E-state index contributed by atoms with van der Waals surface area (Å²) in [4.78, 5) is 0. The molecule has 0 aromatic heterocycles. The van der Waals surface area contributed by atoms with E-state index in [0.29, 0.717) is 0 Å². The first-order valence-electron chi connectivity index (χ1n) is 11.8. The van der Waals surface area contributed by atoms with Crippen molar-refractivity contribution in [2.24, 2.45) is 5.92 Å². The van der Waals surface area contributed by atoms with Crippen molar-refractivity contribution in [3.05, 3.63) is 0 Å². The molecule has 0 heterocycles. The first kappa shape index (κ1) is 27.2. The van der Waals surface area contributed by atoms with Gasteiger partial charge in [0.25, 0.3) is 0 Å². The van der Waals surface area contributed by atoms with Gasteiger partial charge in [-0.2, -0.15) is 0 Å². The third-order valence-corrected chi connectivity index (χ3v) is 5.39. The van der Waals surface area contributed by atoms with E-state index in [1.54, 1.807) is 0 Å². The van der Waals surface area contributed by atoms with E-state index in [1.165, 1.54) is 128 Å². The first-order chi connectivity index (χ1) is 11.8. The number of hydrogen-bond acceptors (Lipinski definition) is 0. The lowest BCUT2D eigenvalue weighted by Gasteiger charge is -2.05. The molecule has 0 radical (unpaired) electrons. The van der Waals surface area contributed by atoms with Crippen molar-refractivity contribution in [3.63, 3.8) is 0 Å². The Morgan fingerprint density at radius 2 is 0.640 bits per heavy atom. The zero-order valence-electron chi connectivity index (χ0n) is 18.2. The minimum atomic E-state index is 0. The molecule has 0 bridgehead atoms. The molecule has 2 N–H and O–H groups in total. The van der Waals surface area contributed by atoms with Crippen molar-refractivity contribution < 1.29 is 5.48 Å². The fourth-order valence-electron chi connectivity index (χ4n) is 3.63. The maximum atomic E-state index is 2.34. The molecule has 1 nitrogen and oxygen atoms in total. The Hall–Kier alpha value is -0.0400. The third kappa shape index (κ3) is 26.3. The highest BCUT2D eigenvalue weighted by atomic mass is 16.0. The molecule has 0 amide bonds. The van der Waals surface area contributed by atoms with Gasteiger partial charge in [0, 0.05) is 0 Å². The normalized spacial score (nSPS) is 11.0. The average Bonchev–Trinajstić information content (AvgIpc) is 2.56. The van der Waals surface area contributed by atoms with Gasteiger partial charge in [-0.3, -0.25) is 0 Å². The van der Waals surface area contributed by atoms with Crippen LogP contribution in [0.25, 0.3) is 0 Å². The lowest BCUT2D eigenvalue weighted by molar-refractivity contribution is 0.501. The standard InChI is InChI=1S/C24H50.H2O/c1-4-5-6-7-8-9-10-11-12-13-14-15-16-17-18-19-20-21-22-23-24(2)3;/h24H,4-23H2,1-3H3;1H2. The summed E-state index contributed by atoms with van der Waals surface area (Å²) in [5.41, 5.74) is 0. The van der Waals surface area contributed by atoms with Gasteiger partial charge in [0.15, 0.2) is 0 Å². The molecule has 0 saturated carbocycles. The molecule has 154 valence electrons. The molecule has 0 fully saturated rings. The minimum Gasteiger partial charge on any atom is -0.412 e. The van der Waals surface area contributed by atoms with Crippen LogP contribution in [0, 0.1) is 5.92 Å². The van der Waals surface area contributed by atoms with E-state index in [2.05, 4.69) is 20.8 Å². The largest absolute Gasteiger partial charge is 0.412 e. The van der Waals surface area contributed by atoms with Crippen molar-refractivity contribution in [2.75, 3.05) is 0 Å². The van der Waals surface area contributed by atoms with Crippen molar-refractivity contribution in [1.29, 1.82) is 0 Å². The van der Waals surface area contributed by atoms with Gasteiger partial charge in [-0.15, -0.1) is 0 Å². The summed E-state index contributed by atoms with van der Waals surface area (Å²) in [6.45, 7) is 6.98. The van der Waals surface area contributed by atoms with Crippen LogP contribution in [0.1, 0.15) is 149 Å². The molecule has 0 spiro atoms. The molecular formula is C24H52O. The van der Waals surface area contributed by atoms with Gasteiger partial charge in [0.05, 0.1) is 0 Å². The Balaban J connectivity index is 0. The van der Waals surface area contributed by atoms with E-state index in [0.717, 1.165) is 5.92 Å². The minimum absolute atomic E-state index is 0. The summed E-state index contributed by atoms with van der Waals surface area (Å²) in [6, 6.07) is 0. The number of unbranched alkanes of at least 4 members (excludes halogenated alkanes) is 18. The van der Waals surface area contributed by atoms with Crippen LogP contribution in [0.4, 0.5) is 0 Å². The first-order valence-corrected chi connectivity index (χ1v) is 11.8. The van der Waals surface area contributed by atoms with Crippen LogP contribution in [0.5, 0.6) is 0 Å². The summed E-state index contributed by atoms with van der Waals surface area (Å²) < 4.78 is 0. The fraction of sp³-hybridized carbons (Fsp3) is 1.00. The molecule has 0 aliphatic rings. The lowest BCUT2D eigenvalue weighted by atomic mass is 10.0.